The lowest BCUT2D eigenvalue weighted by Crippen LogP contribution is -2.63. The first-order chi connectivity index (χ1) is 10.4. The van der Waals surface area contributed by atoms with Crippen LogP contribution in [0.25, 0.3) is 0 Å². The maximum atomic E-state index is 3.46. The van der Waals surface area contributed by atoms with Crippen LogP contribution in [-0.4, -0.2) is 5.71 Å². The van der Waals surface area contributed by atoms with Crippen LogP contribution >= 0.6 is 0 Å². The molecule has 0 aliphatic carbocycles. The fourth-order valence-corrected chi connectivity index (χ4v) is 2.92. The van der Waals surface area contributed by atoms with Gasteiger partial charge < -0.3 is 5.32 Å². The molecule has 2 aromatic carbocycles. The monoisotopic (exact) mass is 273 g/mol. The molecular weight excluding hydrogens is 256 g/mol. The molecule has 0 saturated heterocycles. The first kappa shape index (κ1) is 12.2. The standard InChI is InChI=1S/C19H16N2/c1-3-10-18-14(6-1)12-16(20-18)8-5-9-17-13-15-7-2-4-11-19(15)21-17/h1-11,20H,12-13H2/p+1/b9-5+,16-8-. The van der Waals surface area contributed by atoms with Gasteiger partial charge in [-0.2, -0.15) is 0 Å². The van der Waals surface area contributed by atoms with Gasteiger partial charge in [-0.05, 0) is 17.7 Å². The Hall–Kier alpha value is -2.61. The minimum Gasteiger partial charge on any atom is -0.358 e. The Kier molecular flexibility index (Phi) is 2.93. The molecule has 0 spiro atoms. The maximum absolute atomic E-state index is 3.46. The Bertz CT molecular complexity index is 755. The summed E-state index contributed by atoms with van der Waals surface area (Å²) in [6.45, 7) is 0. The van der Waals surface area contributed by atoms with Crippen molar-refractivity contribution in [2.75, 3.05) is 5.32 Å². The van der Waals surface area contributed by atoms with Crippen LogP contribution in [0.2, 0.25) is 0 Å². The summed E-state index contributed by atoms with van der Waals surface area (Å²) in [7, 11) is 0. The zero-order valence-electron chi connectivity index (χ0n) is 11.8. The molecule has 0 amide bonds. The van der Waals surface area contributed by atoms with Crippen molar-refractivity contribution in [2.45, 2.75) is 12.8 Å². The number of hydrogen-bond donors (Lipinski definition) is 2. The first-order valence-corrected chi connectivity index (χ1v) is 7.31. The Morgan fingerprint density at radius 2 is 1.71 bits per heavy atom. The van der Waals surface area contributed by atoms with Crippen molar-refractivity contribution in [1.29, 1.82) is 0 Å². The number of hydrogen-bond acceptors (Lipinski definition) is 1. The third kappa shape index (κ3) is 2.40. The van der Waals surface area contributed by atoms with Crippen molar-refractivity contribution in [2.24, 2.45) is 0 Å². The number of rotatable bonds is 2. The summed E-state index contributed by atoms with van der Waals surface area (Å²) in [5.74, 6) is 0. The topological polar surface area (TPSA) is 26.0 Å². The molecule has 0 atom stereocenters. The Morgan fingerprint density at radius 1 is 0.905 bits per heavy atom. The zero-order valence-corrected chi connectivity index (χ0v) is 11.8. The van der Waals surface area contributed by atoms with Crippen molar-refractivity contribution in [3.05, 3.63) is 83.6 Å². The number of anilines is 1. The van der Waals surface area contributed by atoms with Crippen molar-refractivity contribution < 1.29 is 4.99 Å². The first-order valence-electron chi connectivity index (χ1n) is 7.31. The SMILES string of the molecule is C(/C=C/C1=[NH+]c2ccccc2C1)=C1\Cc2ccccc2N1. The third-order valence-electron chi connectivity index (χ3n) is 3.98. The average Bonchev–Trinajstić information content (AvgIpc) is 3.09. The maximum Gasteiger partial charge on any atom is 0.207 e. The van der Waals surface area contributed by atoms with E-state index in [0.29, 0.717) is 0 Å². The van der Waals surface area contributed by atoms with Crippen LogP contribution in [0.1, 0.15) is 11.1 Å². The smallest absolute Gasteiger partial charge is 0.207 e. The minimum atomic E-state index is 0.990. The summed E-state index contributed by atoms with van der Waals surface area (Å²) in [6, 6.07) is 16.9. The molecule has 0 fully saturated rings. The van der Waals surface area contributed by atoms with E-state index in [0.717, 1.165) is 12.8 Å². The van der Waals surface area contributed by atoms with Gasteiger partial charge in [0, 0.05) is 35.5 Å². The lowest BCUT2D eigenvalue weighted by molar-refractivity contribution is -0.348. The molecular formula is C19H17N2+. The second-order valence-corrected chi connectivity index (χ2v) is 5.49. The van der Waals surface area contributed by atoms with Gasteiger partial charge in [-0.1, -0.05) is 42.5 Å². The van der Waals surface area contributed by atoms with Gasteiger partial charge in [0.05, 0.1) is 6.42 Å². The van der Waals surface area contributed by atoms with E-state index in [1.807, 2.05) is 0 Å². The summed E-state index contributed by atoms with van der Waals surface area (Å²) in [5, 5.41) is 3.46. The molecule has 0 radical (unpaired) electrons. The van der Waals surface area contributed by atoms with E-state index in [1.165, 1.54) is 33.9 Å². The van der Waals surface area contributed by atoms with Gasteiger partial charge >= 0.3 is 0 Å². The molecule has 2 N–H and O–H groups in total. The van der Waals surface area contributed by atoms with Crippen LogP contribution in [0.3, 0.4) is 0 Å². The van der Waals surface area contributed by atoms with Gasteiger partial charge in [-0.15, -0.1) is 0 Å². The van der Waals surface area contributed by atoms with Gasteiger partial charge in [0.15, 0.2) is 5.71 Å². The molecule has 2 aliphatic heterocycles. The largest absolute Gasteiger partial charge is 0.358 e. The summed E-state index contributed by atoms with van der Waals surface area (Å²) in [4.78, 5) is 3.46. The number of fused-ring (bicyclic) bond motifs is 2. The van der Waals surface area contributed by atoms with Gasteiger partial charge in [0.25, 0.3) is 0 Å². The van der Waals surface area contributed by atoms with Gasteiger partial charge in [-0.25, -0.2) is 4.99 Å². The molecule has 4 rings (SSSR count). The van der Waals surface area contributed by atoms with Crippen LogP contribution in [0.15, 0.2) is 72.5 Å². The van der Waals surface area contributed by atoms with Crippen molar-refractivity contribution in [3.8, 4) is 0 Å². The molecule has 21 heavy (non-hydrogen) atoms. The van der Waals surface area contributed by atoms with Gasteiger partial charge in [-0.3, -0.25) is 0 Å². The number of benzene rings is 2. The fraction of sp³-hybridized carbons (Fsp3) is 0.105. The average molecular weight is 273 g/mol. The van der Waals surface area contributed by atoms with Crippen molar-refractivity contribution >= 4 is 17.1 Å². The number of para-hydroxylation sites is 2. The second kappa shape index (κ2) is 5.06. The number of allylic oxidation sites excluding steroid dienone is 4. The fourth-order valence-electron chi connectivity index (χ4n) is 2.92. The van der Waals surface area contributed by atoms with E-state index in [2.05, 4.69) is 77.1 Å². The lowest BCUT2D eigenvalue weighted by Gasteiger charge is -1.96. The zero-order chi connectivity index (χ0) is 14.1. The Labute approximate surface area is 124 Å². The van der Waals surface area contributed by atoms with Gasteiger partial charge in [0.2, 0.25) is 5.69 Å². The molecule has 102 valence electrons. The van der Waals surface area contributed by atoms with Crippen LogP contribution in [0.5, 0.6) is 0 Å². The summed E-state index contributed by atoms with van der Waals surface area (Å²) >= 11 is 0. The molecule has 2 aromatic rings. The summed E-state index contributed by atoms with van der Waals surface area (Å²) < 4.78 is 0. The van der Waals surface area contributed by atoms with E-state index in [-0.39, 0.29) is 0 Å². The highest BCUT2D eigenvalue weighted by Gasteiger charge is 2.18. The summed E-state index contributed by atoms with van der Waals surface area (Å²) in [6.07, 6.45) is 8.44. The highest BCUT2D eigenvalue weighted by atomic mass is 14.9. The highest BCUT2D eigenvalue weighted by molar-refractivity contribution is 5.95. The van der Waals surface area contributed by atoms with E-state index in [4.69, 9.17) is 0 Å². The number of nitrogens with one attached hydrogen (secondary N) is 2. The highest BCUT2D eigenvalue weighted by Crippen LogP contribution is 2.27. The third-order valence-corrected chi connectivity index (χ3v) is 3.98. The normalized spacial score (nSPS) is 17.7. The molecule has 2 aliphatic rings. The lowest BCUT2D eigenvalue weighted by atomic mass is 10.1. The van der Waals surface area contributed by atoms with E-state index in [1.54, 1.807) is 0 Å². The Balaban J connectivity index is 1.46. The van der Waals surface area contributed by atoms with E-state index < -0.39 is 0 Å². The molecule has 2 nitrogen and oxygen atoms in total. The second-order valence-electron chi connectivity index (χ2n) is 5.49. The molecule has 0 aromatic heterocycles. The molecule has 0 saturated carbocycles. The van der Waals surface area contributed by atoms with Crippen molar-refractivity contribution in [1.82, 2.24) is 0 Å². The van der Waals surface area contributed by atoms with Crippen molar-refractivity contribution in [3.63, 3.8) is 0 Å². The van der Waals surface area contributed by atoms with E-state index in [9.17, 15) is 0 Å². The quantitative estimate of drug-likeness (QED) is 0.864. The molecule has 0 bridgehead atoms. The molecule has 2 heterocycles. The molecule has 2 heteroatoms. The van der Waals surface area contributed by atoms with Crippen LogP contribution < -0.4 is 10.3 Å². The minimum absolute atomic E-state index is 0.990. The predicted molar refractivity (Wildman–Crippen MR) is 86.8 cm³/mol. The predicted octanol–water partition coefficient (Wildman–Crippen LogP) is 2.50. The summed E-state index contributed by atoms with van der Waals surface area (Å²) in [5.41, 5.74) is 7.71. The molecule has 0 unspecified atom stereocenters. The Morgan fingerprint density at radius 3 is 2.57 bits per heavy atom. The van der Waals surface area contributed by atoms with Crippen LogP contribution in [-0.2, 0) is 12.8 Å². The van der Waals surface area contributed by atoms with Crippen LogP contribution in [0.4, 0.5) is 11.4 Å². The van der Waals surface area contributed by atoms with E-state index >= 15 is 0 Å². The van der Waals surface area contributed by atoms with Gasteiger partial charge in [0.1, 0.15) is 0 Å². The van der Waals surface area contributed by atoms with Crippen LogP contribution in [0, 0.1) is 0 Å².